The fraction of sp³-hybridized carbons (Fsp3) is 0.143. The van der Waals surface area contributed by atoms with Crippen LogP contribution in [0.4, 0.5) is 4.39 Å². The van der Waals surface area contributed by atoms with Crippen molar-refractivity contribution < 1.29 is 9.13 Å². The van der Waals surface area contributed by atoms with E-state index in [1.807, 2.05) is 6.07 Å². The summed E-state index contributed by atoms with van der Waals surface area (Å²) in [6.45, 7) is 1.69. The quantitative estimate of drug-likeness (QED) is 0.813. The van der Waals surface area contributed by atoms with E-state index in [0.29, 0.717) is 22.6 Å². The van der Waals surface area contributed by atoms with Gasteiger partial charge in [0, 0.05) is 5.56 Å². The maximum atomic E-state index is 13.2. The Labute approximate surface area is 104 Å². The maximum absolute atomic E-state index is 13.2. The van der Waals surface area contributed by atoms with Crippen molar-refractivity contribution in [2.45, 2.75) is 6.92 Å². The summed E-state index contributed by atoms with van der Waals surface area (Å²) < 4.78 is 18.2. The summed E-state index contributed by atoms with van der Waals surface area (Å²) in [7, 11) is 1.49. The number of aromatic nitrogens is 1. The van der Waals surface area contributed by atoms with Gasteiger partial charge in [0.15, 0.2) is 5.75 Å². The van der Waals surface area contributed by atoms with Crippen LogP contribution < -0.4 is 4.74 Å². The van der Waals surface area contributed by atoms with Gasteiger partial charge in [0.1, 0.15) is 11.9 Å². The second-order valence-electron chi connectivity index (χ2n) is 3.85. The molecule has 0 spiro atoms. The second kappa shape index (κ2) is 4.84. The van der Waals surface area contributed by atoms with E-state index in [9.17, 15) is 4.39 Å². The highest BCUT2D eigenvalue weighted by Gasteiger charge is 2.08. The highest BCUT2D eigenvalue weighted by molar-refractivity contribution is 5.63. The van der Waals surface area contributed by atoms with Crippen LogP contribution in [0.25, 0.3) is 11.3 Å². The standard InChI is InChI=1S/C14H11FN2O/c1-9-5-10(3-4-12(9)15)13-6-11(7-16)14(18-2)8-17-13/h3-6,8H,1-2H3. The molecule has 0 amide bonds. The Bertz CT molecular complexity index is 632. The molecule has 1 aromatic carbocycles. The molecule has 0 unspecified atom stereocenters. The van der Waals surface area contributed by atoms with Gasteiger partial charge in [-0.2, -0.15) is 5.26 Å². The molecule has 0 bridgehead atoms. The first-order valence-electron chi connectivity index (χ1n) is 5.36. The summed E-state index contributed by atoms with van der Waals surface area (Å²) in [6, 6.07) is 8.40. The zero-order chi connectivity index (χ0) is 13.1. The maximum Gasteiger partial charge on any atom is 0.154 e. The largest absolute Gasteiger partial charge is 0.494 e. The van der Waals surface area contributed by atoms with Gasteiger partial charge in [0.25, 0.3) is 0 Å². The third-order valence-corrected chi connectivity index (χ3v) is 2.66. The van der Waals surface area contributed by atoms with Crippen LogP contribution >= 0.6 is 0 Å². The first-order valence-corrected chi connectivity index (χ1v) is 5.36. The molecule has 1 aromatic heterocycles. The Kier molecular flexibility index (Phi) is 3.24. The predicted octanol–water partition coefficient (Wildman–Crippen LogP) is 3.08. The van der Waals surface area contributed by atoms with Crippen molar-refractivity contribution in [1.29, 1.82) is 5.26 Å². The molecule has 0 aliphatic carbocycles. The highest BCUT2D eigenvalue weighted by atomic mass is 19.1. The molecule has 2 aromatic rings. The first kappa shape index (κ1) is 12.1. The van der Waals surface area contributed by atoms with Gasteiger partial charge in [0.05, 0.1) is 24.6 Å². The summed E-state index contributed by atoms with van der Waals surface area (Å²) in [5.74, 6) is 0.174. The zero-order valence-electron chi connectivity index (χ0n) is 10.1. The summed E-state index contributed by atoms with van der Waals surface area (Å²) >= 11 is 0. The molecule has 90 valence electrons. The molecule has 0 aliphatic rings. The number of hydrogen-bond donors (Lipinski definition) is 0. The number of methoxy groups -OCH3 is 1. The normalized spacial score (nSPS) is 9.89. The van der Waals surface area contributed by atoms with Gasteiger partial charge in [-0.15, -0.1) is 0 Å². The van der Waals surface area contributed by atoms with Crippen LogP contribution in [-0.4, -0.2) is 12.1 Å². The molecule has 0 aliphatic heterocycles. The molecule has 0 saturated heterocycles. The minimum Gasteiger partial charge on any atom is -0.494 e. The highest BCUT2D eigenvalue weighted by Crippen LogP contribution is 2.24. The number of aryl methyl sites for hydroxylation is 1. The third-order valence-electron chi connectivity index (χ3n) is 2.66. The van der Waals surface area contributed by atoms with E-state index in [2.05, 4.69) is 4.98 Å². The van der Waals surface area contributed by atoms with Crippen LogP contribution in [0, 0.1) is 24.1 Å². The molecule has 0 saturated carbocycles. The van der Waals surface area contributed by atoms with Gasteiger partial charge >= 0.3 is 0 Å². The predicted molar refractivity (Wildman–Crippen MR) is 65.6 cm³/mol. The van der Waals surface area contributed by atoms with E-state index in [4.69, 9.17) is 10.00 Å². The van der Waals surface area contributed by atoms with Crippen molar-refractivity contribution in [2.75, 3.05) is 7.11 Å². The Morgan fingerprint density at radius 2 is 2.11 bits per heavy atom. The summed E-state index contributed by atoms with van der Waals surface area (Å²) in [5, 5.41) is 9.00. The Morgan fingerprint density at radius 1 is 1.33 bits per heavy atom. The number of pyridine rings is 1. The Hall–Kier alpha value is -2.41. The van der Waals surface area contributed by atoms with Crippen molar-refractivity contribution in [3.05, 3.63) is 47.4 Å². The number of nitrogens with zero attached hydrogens (tertiary/aromatic N) is 2. The molecule has 2 rings (SSSR count). The first-order chi connectivity index (χ1) is 8.65. The summed E-state index contributed by atoms with van der Waals surface area (Å²) in [4.78, 5) is 4.20. The minimum absolute atomic E-state index is 0.257. The van der Waals surface area contributed by atoms with Crippen molar-refractivity contribution in [2.24, 2.45) is 0 Å². The number of nitriles is 1. The fourth-order valence-corrected chi connectivity index (χ4v) is 1.65. The fourth-order valence-electron chi connectivity index (χ4n) is 1.65. The SMILES string of the molecule is COc1cnc(-c2ccc(F)c(C)c2)cc1C#N. The number of hydrogen-bond acceptors (Lipinski definition) is 3. The molecular formula is C14H11FN2O. The Morgan fingerprint density at radius 3 is 2.72 bits per heavy atom. The lowest BCUT2D eigenvalue weighted by molar-refractivity contribution is 0.411. The molecule has 0 radical (unpaired) electrons. The van der Waals surface area contributed by atoms with Crippen LogP contribution in [-0.2, 0) is 0 Å². The second-order valence-corrected chi connectivity index (χ2v) is 3.85. The van der Waals surface area contributed by atoms with Crippen molar-refractivity contribution in [3.63, 3.8) is 0 Å². The van der Waals surface area contributed by atoms with E-state index in [1.165, 1.54) is 19.4 Å². The lowest BCUT2D eigenvalue weighted by atomic mass is 10.1. The number of ether oxygens (including phenoxy) is 1. The topological polar surface area (TPSA) is 45.9 Å². The molecular weight excluding hydrogens is 231 g/mol. The van der Waals surface area contributed by atoms with Gasteiger partial charge in [0.2, 0.25) is 0 Å². The monoisotopic (exact) mass is 242 g/mol. The molecule has 18 heavy (non-hydrogen) atoms. The van der Waals surface area contributed by atoms with Gasteiger partial charge in [-0.25, -0.2) is 4.39 Å². The van der Waals surface area contributed by atoms with E-state index in [-0.39, 0.29) is 5.82 Å². The van der Waals surface area contributed by atoms with Gasteiger partial charge in [-0.3, -0.25) is 4.98 Å². The van der Waals surface area contributed by atoms with Crippen LogP contribution in [0.3, 0.4) is 0 Å². The van der Waals surface area contributed by atoms with Gasteiger partial charge < -0.3 is 4.74 Å². The van der Waals surface area contributed by atoms with Gasteiger partial charge in [-0.05, 0) is 36.8 Å². The molecule has 1 heterocycles. The van der Waals surface area contributed by atoms with E-state index >= 15 is 0 Å². The minimum atomic E-state index is -0.257. The average molecular weight is 242 g/mol. The van der Waals surface area contributed by atoms with Gasteiger partial charge in [-0.1, -0.05) is 0 Å². The van der Waals surface area contributed by atoms with Crippen LogP contribution in [0.1, 0.15) is 11.1 Å². The van der Waals surface area contributed by atoms with Crippen LogP contribution in [0.15, 0.2) is 30.5 Å². The Balaban J connectivity index is 2.51. The van der Waals surface area contributed by atoms with Crippen molar-refractivity contribution in [3.8, 4) is 23.1 Å². The lowest BCUT2D eigenvalue weighted by Gasteiger charge is -2.06. The van der Waals surface area contributed by atoms with Crippen molar-refractivity contribution >= 4 is 0 Å². The van der Waals surface area contributed by atoms with Crippen LogP contribution in [0.2, 0.25) is 0 Å². The molecule has 0 N–H and O–H groups in total. The smallest absolute Gasteiger partial charge is 0.154 e. The summed E-state index contributed by atoms with van der Waals surface area (Å²) in [5.41, 5.74) is 2.34. The molecule has 4 heteroatoms. The number of benzene rings is 1. The number of halogens is 1. The van der Waals surface area contributed by atoms with Crippen LogP contribution in [0.5, 0.6) is 5.75 Å². The van der Waals surface area contributed by atoms with Crippen molar-refractivity contribution in [1.82, 2.24) is 4.98 Å². The lowest BCUT2D eigenvalue weighted by Crippen LogP contribution is -1.92. The average Bonchev–Trinajstić information content (AvgIpc) is 2.41. The number of rotatable bonds is 2. The van der Waals surface area contributed by atoms with E-state index in [0.717, 1.165) is 5.56 Å². The van der Waals surface area contributed by atoms with E-state index in [1.54, 1.807) is 25.1 Å². The molecule has 0 fully saturated rings. The molecule has 3 nitrogen and oxygen atoms in total. The summed E-state index contributed by atoms with van der Waals surface area (Å²) in [6.07, 6.45) is 1.49. The third kappa shape index (κ3) is 2.16. The zero-order valence-corrected chi connectivity index (χ0v) is 10.1. The molecule has 0 atom stereocenters. The van der Waals surface area contributed by atoms with E-state index < -0.39 is 0 Å².